The first-order chi connectivity index (χ1) is 6.83. The van der Waals surface area contributed by atoms with E-state index in [1.165, 1.54) is 25.7 Å². The molecule has 2 heteroatoms. The maximum absolute atomic E-state index is 9.28. The third-order valence-electron chi connectivity index (χ3n) is 5.20. The van der Waals surface area contributed by atoms with Crippen LogP contribution in [0.1, 0.15) is 25.7 Å². The van der Waals surface area contributed by atoms with Crippen molar-refractivity contribution in [3.8, 4) is 0 Å². The Morgan fingerprint density at radius 1 is 0.786 bits per heavy atom. The van der Waals surface area contributed by atoms with E-state index in [0.717, 1.165) is 23.7 Å². The van der Waals surface area contributed by atoms with E-state index in [2.05, 4.69) is 0 Å². The van der Waals surface area contributed by atoms with Crippen LogP contribution in [0.3, 0.4) is 0 Å². The van der Waals surface area contributed by atoms with Crippen LogP contribution in [0.4, 0.5) is 0 Å². The molecule has 0 aromatic rings. The highest BCUT2D eigenvalue weighted by Gasteiger charge is 2.55. The molecule has 0 unspecified atom stereocenters. The highest BCUT2D eigenvalue weighted by Crippen LogP contribution is 2.61. The molecule has 3 fully saturated rings. The molecule has 0 amide bonds. The van der Waals surface area contributed by atoms with Crippen molar-refractivity contribution in [1.29, 1.82) is 0 Å². The summed E-state index contributed by atoms with van der Waals surface area (Å²) in [7, 11) is 0. The van der Waals surface area contributed by atoms with Gasteiger partial charge >= 0.3 is 0 Å². The van der Waals surface area contributed by atoms with Gasteiger partial charge in [0.05, 0.1) is 0 Å². The van der Waals surface area contributed by atoms with Crippen LogP contribution in [-0.4, -0.2) is 23.4 Å². The summed E-state index contributed by atoms with van der Waals surface area (Å²) in [5, 5.41) is 18.5. The molecule has 3 saturated carbocycles. The SMILES string of the molecule is OC[C@H]1C[C@H]2[C@@H](C1)[C@H]1C[C@@H](CO)[C@@H]2C1. The minimum atomic E-state index is 0.385. The lowest BCUT2D eigenvalue weighted by molar-refractivity contribution is 0.120. The number of fused-ring (bicyclic) bond motifs is 5. The molecule has 0 saturated heterocycles. The minimum Gasteiger partial charge on any atom is -0.396 e. The Morgan fingerprint density at radius 3 is 2.29 bits per heavy atom. The van der Waals surface area contributed by atoms with Crippen LogP contribution in [0.15, 0.2) is 0 Å². The largest absolute Gasteiger partial charge is 0.396 e. The summed E-state index contributed by atoms with van der Waals surface area (Å²) in [6, 6.07) is 0. The molecule has 2 N–H and O–H groups in total. The van der Waals surface area contributed by atoms with Gasteiger partial charge in [-0.3, -0.25) is 0 Å². The van der Waals surface area contributed by atoms with Crippen molar-refractivity contribution >= 4 is 0 Å². The Hall–Kier alpha value is -0.0800. The lowest BCUT2D eigenvalue weighted by atomic mass is 9.76. The van der Waals surface area contributed by atoms with Crippen molar-refractivity contribution in [2.45, 2.75) is 25.7 Å². The van der Waals surface area contributed by atoms with Gasteiger partial charge < -0.3 is 10.2 Å². The Labute approximate surface area is 85.3 Å². The molecule has 0 spiro atoms. The van der Waals surface area contributed by atoms with Gasteiger partial charge in [0.2, 0.25) is 0 Å². The molecule has 2 bridgehead atoms. The van der Waals surface area contributed by atoms with Crippen LogP contribution in [-0.2, 0) is 0 Å². The third-order valence-corrected chi connectivity index (χ3v) is 5.20. The third kappa shape index (κ3) is 1.10. The number of hydrogen-bond donors (Lipinski definition) is 2. The lowest BCUT2D eigenvalue weighted by Crippen LogP contribution is -2.26. The molecule has 0 aromatic carbocycles. The minimum absolute atomic E-state index is 0.385. The molecule has 0 radical (unpaired) electrons. The van der Waals surface area contributed by atoms with Gasteiger partial charge in [-0.15, -0.1) is 0 Å². The summed E-state index contributed by atoms with van der Waals surface area (Å²) < 4.78 is 0. The van der Waals surface area contributed by atoms with Gasteiger partial charge in [-0.05, 0) is 61.2 Å². The van der Waals surface area contributed by atoms with Crippen LogP contribution in [0, 0.1) is 35.5 Å². The maximum atomic E-state index is 9.28. The molecule has 80 valence electrons. The number of aliphatic hydroxyl groups is 2. The van der Waals surface area contributed by atoms with Gasteiger partial charge in [0.1, 0.15) is 0 Å². The summed E-state index contributed by atoms with van der Waals surface area (Å²) in [4.78, 5) is 0. The van der Waals surface area contributed by atoms with E-state index in [0.29, 0.717) is 25.0 Å². The lowest BCUT2D eigenvalue weighted by Gasteiger charge is -2.30. The molecular formula is C12H20O2. The fourth-order valence-corrected chi connectivity index (χ4v) is 4.68. The van der Waals surface area contributed by atoms with E-state index < -0.39 is 0 Å². The summed E-state index contributed by atoms with van der Waals surface area (Å²) in [6.07, 6.45) is 5.14. The molecule has 3 aliphatic rings. The summed E-state index contributed by atoms with van der Waals surface area (Å²) in [5.41, 5.74) is 0. The van der Waals surface area contributed by atoms with Crippen LogP contribution in [0.25, 0.3) is 0 Å². The first-order valence-electron chi connectivity index (χ1n) is 6.05. The number of rotatable bonds is 2. The first kappa shape index (κ1) is 9.17. The molecule has 3 rings (SSSR count). The fourth-order valence-electron chi connectivity index (χ4n) is 4.68. The van der Waals surface area contributed by atoms with Crippen LogP contribution in [0.5, 0.6) is 0 Å². The second kappa shape index (κ2) is 3.21. The average Bonchev–Trinajstić information content (AvgIpc) is 2.87. The number of aliphatic hydroxyl groups excluding tert-OH is 2. The Kier molecular flexibility index (Phi) is 2.10. The molecule has 14 heavy (non-hydrogen) atoms. The molecule has 0 heterocycles. The molecule has 0 aliphatic heterocycles. The van der Waals surface area contributed by atoms with Crippen LogP contribution in [0.2, 0.25) is 0 Å². The highest BCUT2D eigenvalue weighted by molar-refractivity contribution is 5.04. The Balaban J connectivity index is 1.75. The zero-order valence-corrected chi connectivity index (χ0v) is 8.60. The summed E-state index contributed by atoms with van der Waals surface area (Å²) in [5.74, 6) is 4.61. The van der Waals surface area contributed by atoms with Crippen molar-refractivity contribution in [2.75, 3.05) is 13.2 Å². The second-order valence-electron chi connectivity index (χ2n) is 5.69. The van der Waals surface area contributed by atoms with E-state index in [1.807, 2.05) is 0 Å². The number of hydrogen-bond acceptors (Lipinski definition) is 2. The summed E-state index contributed by atoms with van der Waals surface area (Å²) >= 11 is 0. The van der Waals surface area contributed by atoms with Crippen molar-refractivity contribution in [1.82, 2.24) is 0 Å². The molecule has 3 aliphatic carbocycles. The predicted molar refractivity (Wildman–Crippen MR) is 53.6 cm³/mol. The normalized spacial score (nSPS) is 55.3. The van der Waals surface area contributed by atoms with Gasteiger partial charge in [-0.25, -0.2) is 0 Å². The smallest absolute Gasteiger partial charge is 0.0462 e. The van der Waals surface area contributed by atoms with Crippen molar-refractivity contribution in [3.05, 3.63) is 0 Å². The maximum Gasteiger partial charge on any atom is 0.0462 e. The van der Waals surface area contributed by atoms with E-state index in [9.17, 15) is 10.2 Å². The fraction of sp³-hybridized carbons (Fsp3) is 1.00. The standard InChI is InChI=1S/C12H20O2/c13-5-7-1-10-8-3-9(6-14)11(4-8)12(10)2-7/h7-14H,1-6H2/t7-,8+,9+,10+,11+,12+/m1/s1. The molecule has 0 aromatic heterocycles. The van der Waals surface area contributed by atoms with E-state index in [4.69, 9.17) is 0 Å². The van der Waals surface area contributed by atoms with Gasteiger partial charge in [0.15, 0.2) is 0 Å². The van der Waals surface area contributed by atoms with Gasteiger partial charge in [-0.2, -0.15) is 0 Å². The van der Waals surface area contributed by atoms with E-state index >= 15 is 0 Å². The van der Waals surface area contributed by atoms with Crippen molar-refractivity contribution in [3.63, 3.8) is 0 Å². The second-order valence-corrected chi connectivity index (χ2v) is 5.69. The highest BCUT2D eigenvalue weighted by atomic mass is 16.3. The monoisotopic (exact) mass is 196 g/mol. The van der Waals surface area contributed by atoms with E-state index in [-0.39, 0.29) is 0 Å². The molecule has 6 atom stereocenters. The quantitative estimate of drug-likeness (QED) is 0.698. The molecular weight excluding hydrogens is 176 g/mol. The van der Waals surface area contributed by atoms with Crippen molar-refractivity contribution in [2.24, 2.45) is 35.5 Å². The van der Waals surface area contributed by atoms with Crippen LogP contribution >= 0.6 is 0 Å². The zero-order valence-electron chi connectivity index (χ0n) is 8.60. The topological polar surface area (TPSA) is 40.5 Å². The molecule has 2 nitrogen and oxygen atoms in total. The van der Waals surface area contributed by atoms with Crippen LogP contribution < -0.4 is 0 Å². The van der Waals surface area contributed by atoms with Crippen molar-refractivity contribution < 1.29 is 10.2 Å². The van der Waals surface area contributed by atoms with Gasteiger partial charge in [0, 0.05) is 13.2 Å². The Morgan fingerprint density at radius 2 is 1.57 bits per heavy atom. The van der Waals surface area contributed by atoms with Gasteiger partial charge in [-0.1, -0.05) is 0 Å². The summed E-state index contributed by atoms with van der Waals surface area (Å²) in [6.45, 7) is 0.782. The zero-order chi connectivity index (χ0) is 9.71. The predicted octanol–water partition coefficient (Wildman–Crippen LogP) is 1.27. The van der Waals surface area contributed by atoms with Gasteiger partial charge in [0.25, 0.3) is 0 Å². The Bertz CT molecular complexity index is 226. The average molecular weight is 196 g/mol. The van der Waals surface area contributed by atoms with E-state index in [1.54, 1.807) is 0 Å². The first-order valence-corrected chi connectivity index (χ1v) is 6.05.